The van der Waals surface area contributed by atoms with E-state index < -0.39 is 0 Å². The van der Waals surface area contributed by atoms with Crippen molar-refractivity contribution in [2.45, 2.75) is 51.0 Å². The molecule has 0 radical (unpaired) electrons. The molecule has 1 aliphatic carbocycles. The van der Waals surface area contributed by atoms with E-state index >= 15 is 0 Å². The molecule has 2 atom stereocenters. The highest BCUT2D eigenvalue weighted by atomic mass is 16.5. The van der Waals surface area contributed by atoms with E-state index in [2.05, 4.69) is 12.2 Å². The Labute approximate surface area is 212 Å². The fourth-order valence-corrected chi connectivity index (χ4v) is 5.07. The standard InChI is InChI=1S/C31H31NO4/c1-2-16-35-25-12-8-22(9-13-25)24-17-28-31(29(33)18-24)27(19-30(34)32-28)23-10-14-26(15-11-23)36-20-21-6-4-3-5-7-21/h3-15,24,27H,2,16-20H2,1H3,(H,32,34). The molecule has 1 N–H and O–H groups in total. The summed E-state index contributed by atoms with van der Waals surface area (Å²) in [6.45, 7) is 3.26. The van der Waals surface area contributed by atoms with Crippen molar-refractivity contribution in [2.75, 3.05) is 6.61 Å². The molecule has 0 fully saturated rings. The van der Waals surface area contributed by atoms with Crippen LogP contribution in [0.4, 0.5) is 0 Å². The van der Waals surface area contributed by atoms with Crippen LogP contribution in [0.15, 0.2) is 90.1 Å². The topological polar surface area (TPSA) is 64.6 Å². The predicted octanol–water partition coefficient (Wildman–Crippen LogP) is 6.06. The van der Waals surface area contributed by atoms with Crippen molar-refractivity contribution in [3.05, 3.63) is 107 Å². The highest BCUT2D eigenvalue weighted by Crippen LogP contribution is 2.43. The van der Waals surface area contributed by atoms with Gasteiger partial charge in [-0.15, -0.1) is 0 Å². The molecule has 3 aromatic rings. The zero-order valence-corrected chi connectivity index (χ0v) is 20.5. The quantitative estimate of drug-likeness (QED) is 0.425. The number of benzene rings is 3. The highest BCUT2D eigenvalue weighted by molar-refractivity contribution is 6.02. The van der Waals surface area contributed by atoms with E-state index in [0.717, 1.165) is 45.9 Å². The van der Waals surface area contributed by atoms with Gasteiger partial charge in [-0.3, -0.25) is 9.59 Å². The van der Waals surface area contributed by atoms with E-state index in [1.54, 1.807) is 0 Å². The lowest BCUT2D eigenvalue weighted by Crippen LogP contribution is -2.38. The predicted molar refractivity (Wildman–Crippen MR) is 139 cm³/mol. The van der Waals surface area contributed by atoms with Gasteiger partial charge >= 0.3 is 0 Å². The first-order valence-electron chi connectivity index (χ1n) is 12.7. The van der Waals surface area contributed by atoms with Gasteiger partial charge in [0.2, 0.25) is 5.91 Å². The highest BCUT2D eigenvalue weighted by Gasteiger charge is 2.38. The monoisotopic (exact) mass is 481 g/mol. The van der Waals surface area contributed by atoms with Crippen molar-refractivity contribution in [1.82, 2.24) is 5.32 Å². The fourth-order valence-electron chi connectivity index (χ4n) is 5.07. The first kappa shape index (κ1) is 23.9. The fraction of sp³-hybridized carbons (Fsp3) is 0.290. The Morgan fingerprint density at radius 1 is 0.778 bits per heavy atom. The van der Waals surface area contributed by atoms with Crippen LogP contribution in [0.5, 0.6) is 11.5 Å². The third kappa shape index (κ3) is 5.35. The van der Waals surface area contributed by atoms with Crippen molar-refractivity contribution in [3.63, 3.8) is 0 Å². The summed E-state index contributed by atoms with van der Waals surface area (Å²) < 4.78 is 11.6. The summed E-state index contributed by atoms with van der Waals surface area (Å²) in [5.41, 5.74) is 4.69. The molecular formula is C31H31NO4. The number of amides is 1. The molecule has 0 saturated carbocycles. The molecule has 5 rings (SSSR count). The van der Waals surface area contributed by atoms with E-state index in [9.17, 15) is 9.59 Å². The molecule has 184 valence electrons. The maximum Gasteiger partial charge on any atom is 0.225 e. The van der Waals surface area contributed by atoms with Gasteiger partial charge in [0.1, 0.15) is 18.1 Å². The molecule has 36 heavy (non-hydrogen) atoms. The van der Waals surface area contributed by atoms with Gasteiger partial charge in [0.15, 0.2) is 5.78 Å². The number of hydrogen-bond acceptors (Lipinski definition) is 4. The Kier molecular flexibility index (Phi) is 7.17. The van der Waals surface area contributed by atoms with Gasteiger partial charge in [0, 0.05) is 30.0 Å². The molecular weight excluding hydrogens is 450 g/mol. The molecule has 5 heteroatoms. The third-order valence-electron chi connectivity index (χ3n) is 6.89. The zero-order chi connectivity index (χ0) is 24.9. The van der Waals surface area contributed by atoms with Crippen LogP contribution in [0.2, 0.25) is 0 Å². The minimum atomic E-state index is -0.227. The first-order valence-corrected chi connectivity index (χ1v) is 12.7. The van der Waals surface area contributed by atoms with Gasteiger partial charge in [-0.25, -0.2) is 0 Å². The lowest BCUT2D eigenvalue weighted by molar-refractivity contribution is -0.122. The first-order chi connectivity index (χ1) is 17.6. The number of rotatable bonds is 8. The molecule has 1 aliphatic heterocycles. The van der Waals surface area contributed by atoms with Gasteiger partial charge in [0.05, 0.1) is 6.61 Å². The number of ether oxygens (including phenoxy) is 2. The normalized spacial score (nSPS) is 19.5. The molecule has 2 aliphatic rings. The average molecular weight is 482 g/mol. The van der Waals surface area contributed by atoms with Crippen molar-refractivity contribution < 1.29 is 19.1 Å². The SMILES string of the molecule is CCCOc1ccc(C2CC(=O)C3=C(C2)NC(=O)CC3c2ccc(OCc3ccccc3)cc2)cc1. The van der Waals surface area contributed by atoms with Crippen molar-refractivity contribution in [3.8, 4) is 11.5 Å². The van der Waals surface area contributed by atoms with Crippen molar-refractivity contribution in [1.29, 1.82) is 0 Å². The number of ketones is 1. The summed E-state index contributed by atoms with van der Waals surface area (Å²) in [7, 11) is 0. The minimum absolute atomic E-state index is 0.0417. The Hall–Kier alpha value is -3.86. The summed E-state index contributed by atoms with van der Waals surface area (Å²) in [6.07, 6.45) is 2.33. The van der Waals surface area contributed by atoms with Crippen molar-refractivity contribution in [2.24, 2.45) is 0 Å². The maximum absolute atomic E-state index is 13.4. The smallest absolute Gasteiger partial charge is 0.225 e. The summed E-state index contributed by atoms with van der Waals surface area (Å²) in [5, 5.41) is 3.01. The van der Waals surface area contributed by atoms with Crippen LogP contribution in [-0.4, -0.2) is 18.3 Å². The summed E-state index contributed by atoms with van der Waals surface area (Å²) in [5.74, 6) is 1.49. The van der Waals surface area contributed by atoms with E-state index in [4.69, 9.17) is 9.47 Å². The minimum Gasteiger partial charge on any atom is -0.494 e. The zero-order valence-electron chi connectivity index (χ0n) is 20.5. The van der Waals surface area contributed by atoms with Crippen LogP contribution in [0.25, 0.3) is 0 Å². The van der Waals surface area contributed by atoms with Gasteiger partial charge in [-0.2, -0.15) is 0 Å². The number of hydrogen-bond donors (Lipinski definition) is 1. The molecule has 0 saturated heterocycles. The molecule has 0 bridgehead atoms. The summed E-state index contributed by atoms with van der Waals surface area (Å²) in [6, 6.07) is 25.8. The lowest BCUT2D eigenvalue weighted by atomic mass is 9.73. The second-order valence-corrected chi connectivity index (χ2v) is 9.49. The maximum atomic E-state index is 13.4. The van der Waals surface area contributed by atoms with Gasteiger partial charge in [-0.1, -0.05) is 61.5 Å². The molecule has 0 aromatic heterocycles. The van der Waals surface area contributed by atoms with Crippen LogP contribution in [0.1, 0.15) is 61.1 Å². The van der Waals surface area contributed by atoms with E-state index in [1.165, 1.54) is 0 Å². The van der Waals surface area contributed by atoms with Crippen LogP contribution in [-0.2, 0) is 16.2 Å². The van der Waals surface area contributed by atoms with Crippen LogP contribution < -0.4 is 14.8 Å². The van der Waals surface area contributed by atoms with Gasteiger partial charge in [-0.05, 0) is 59.7 Å². The van der Waals surface area contributed by atoms with E-state index in [1.807, 2.05) is 78.9 Å². The van der Waals surface area contributed by atoms with E-state index in [-0.39, 0.29) is 29.9 Å². The number of carbonyl (C=O) groups is 2. The van der Waals surface area contributed by atoms with Crippen molar-refractivity contribution >= 4 is 11.7 Å². The van der Waals surface area contributed by atoms with E-state index in [0.29, 0.717) is 26.1 Å². The van der Waals surface area contributed by atoms with Gasteiger partial charge < -0.3 is 14.8 Å². The Bertz CT molecular complexity index is 1250. The van der Waals surface area contributed by atoms with Crippen LogP contribution >= 0.6 is 0 Å². The van der Waals surface area contributed by atoms with Crippen LogP contribution in [0.3, 0.4) is 0 Å². The summed E-state index contributed by atoms with van der Waals surface area (Å²) >= 11 is 0. The van der Waals surface area contributed by atoms with Gasteiger partial charge in [0.25, 0.3) is 0 Å². The molecule has 5 nitrogen and oxygen atoms in total. The largest absolute Gasteiger partial charge is 0.494 e. The number of carbonyl (C=O) groups excluding carboxylic acids is 2. The number of allylic oxidation sites excluding steroid dienone is 2. The number of nitrogens with one attached hydrogen (secondary N) is 1. The Morgan fingerprint density at radius 3 is 2.14 bits per heavy atom. The second kappa shape index (κ2) is 10.8. The molecule has 3 aromatic carbocycles. The summed E-state index contributed by atoms with van der Waals surface area (Å²) in [4.78, 5) is 26.0. The molecule has 2 unspecified atom stereocenters. The Balaban J connectivity index is 1.31. The third-order valence-corrected chi connectivity index (χ3v) is 6.89. The molecule has 1 heterocycles. The lowest BCUT2D eigenvalue weighted by Gasteiger charge is -2.34. The second-order valence-electron chi connectivity index (χ2n) is 9.49. The Morgan fingerprint density at radius 2 is 1.44 bits per heavy atom. The molecule has 1 amide bonds. The van der Waals surface area contributed by atoms with Crippen LogP contribution in [0, 0.1) is 0 Å². The molecule has 0 spiro atoms. The number of Topliss-reactive ketones (excluding diaryl/α,β-unsaturated/α-hetero) is 1. The average Bonchev–Trinajstić information content (AvgIpc) is 2.91.